The molecule has 22 heavy (non-hydrogen) atoms. The number of aromatic nitrogens is 2. The van der Waals surface area contributed by atoms with E-state index in [4.69, 9.17) is 11.6 Å². The number of nitrogens with zero attached hydrogens (tertiary/aromatic N) is 2. The molecule has 2 aromatic rings. The largest absolute Gasteiger partial charge is 0.433 e. The van der Waals surface area contributed by atoms with Crippen molar-refractivity contribution < 1.29 is 18.3 Å². The average molecular weight is 330 g/mol. The molecule has 1 aromatic heterocycles. The Hall–Kier alpha value is -2.15. The topological polar surface area (TPSA) is 56.1 Å². The molecule has 1 aromatic carbocycles. The van der Waals surface area contributed by atoms with Crippen molar-refractivity contribution in [2.75, 3.05) is 5.32 Å². The molecule has 0 unspecified atom stereocenters. The van der Waals surface area contributed by atoms with E-state index in [1.807, 2.05) is 0 Å². The number of halogens is 3. The minimum absolute atomic E-state index is 0.0827. The summed E-state index contributed by atoms with van der Waals surface area (Å²) in [7, 11) is 0. The smallest absolute Gasteiger partial charge is 0.387 e. The number of aryl methyl sites for hydroxylation is 1. The highest BCUT2D eigenvalue weighted by atomic mass is 35.5. The monoisotopic (exact) mass is 329 g/mol. The molecule has 118 valence electrons. The van der Waals surface area contributed by atoms with Gasteiger partial charge in [-0.3, -0.25) is 9.48 Å². The van der Waals surface area contributed by atoms with E-state index in [2.05, 4.69) is 15.2 Å². The number of nitrogens with one attached hydrogen (secondary N) is 1. The fourth-order valence-electron chi connectivity index (χ4n) is 1.85. The molecular weight excluding hydrogens is 316 g/mol. The van der Waals surface area contributed by atoms with E-state index in [0.717, 1.165) is 5.56 Å². The summed E-state index contributed by atoms with van der Waals surface area (Å²) in [6.07, 6.45) is 1.43. The number of ether oxygens (including phenoxy) is 1. The quantitative estimate of drug-likeness (QED) is 0.914. The first-order valence-electron chi connectivity index (χ1n) is 6.40. The van der Waals surface area contributed by atoms with Gasteiger partial charge < -0.3 is 10.1 Å². The number of hydrogen-bond acceptors (Lipinski definition) is 3. The van der Waals surface area contributed by atoms with Crippen molar-refractivity contribution >= 4 is 23.2 Å². The summed E-state index contributed by atoms with van der Waals surface area (Å²) < 4.78 is 30.6. The first-order chi connectivity index (χ1) is 10.4. The Kier molecular flexibility index (Phi) is 4.97. The van der Waals surface area contributed by atoms with E-state index in [0.29, 0.717) is 10.7 Å². The third kappa shape index (κ3) is 3.94. The lowest BCUT2D eigenvalue weighted by Gasteiger charge is -2.13. The lowest BCUT2D eigenvalue weighted by molar-refractivity contribution is -0.117. The lowest BCUT2D eigenvalue weighted by Crippen LogP contribution is -2.21. The van der Waals surface area contributed by atoms with Crippen LogP contribution in [0.5, 0.6) is 5.75 Å². The van der Waals surface area contributed by atoms with Gasteiger partial charge in [0.25, 0.3) is 0 Å². The van der Waals surface area contributed by atoms with Crippen molar-refractivity contribution in [3.05, 3.63) is 40.7 Å². The molecule has 1 amide bonds. The first-order valence-corrected chi connectivity index (χ1v) is 6.78. The number of benzene rings is 1. The van der Waals surface area contributed by atoms with Gasteiger partial charge in [-0.2, -0.15) is 13.9 Å². The van der Waals surface area contributed by atoms with Crippen molar-refractivity contribution in [2.24, 2.45) is 0 Å². The van der Waals surface area contributed by atoms with E-state index >= 15 is 0 Å². The molecule has 0 aliphatic heterocycles. The second kappa shape index (κ2) is 6.74. The van der Waals surface area contributed by atoms with Crippen LogP contribution < -0.4 is 10.1 Å². The van der Waals surface area contributed by atoms with Crippen molar-refractivity contribution in [3.8, 4) is 5.75 Å². The van der Waals surface area contributed by atoms with Gasteiger partial charge in [-0.15, -0.1) is 0 Å². The third-order valence-electron chi connectivity index (χ3n) is 2.96. The maximum Gasteiger partial charge on any atom is 0.387 e. The van der Waals surface area contributed by atoms with Crippen molar-refractivity contribution in [2.45, 2.75) is 27.0 Å². The van der Waals surface area contributed by atoms with Crippen LogP contribution in [-0.4, -0.2) is 22.3 Å². The zero-order valence-electron chi connectivity index (χ0n) is 11.9. The van der Waals surface area contributed by atoms with Gasteiger partial charge in [0.2, 0.25) is 5.91 Å². The number of hydrogen-bond donors (Lipinski definition) is 1. The Morgan fingerprint density at radius 2 is 2.18 bits per heavy atom. The lowest BCUT2D eigenvalue weighted by atomic mass is 10.2. The van der Waals surface area contributed by atoms with Crippen molar-refractivity contribution in [3.63, 3.8) is 0 Å². The number of anilines is 1. The second-order valence-electron chi connectivity index (χ2n) is 4.66. The van der Waals surface area contributed by atoms with Gasteiger partial charge in [-0.05, 0) is 31.5 Å². The summed E-state index contributed by atoms with van der Waals surface area (Å²) in [5.41, 5.74) is 1.63. The summed E-state index contributed by atoms with van der Waals surface area (Å²) in [6.45, 7) is 0.450. The third-order valence-corrected chi connectivity index (χ3v) is 3.33. The fourth-order valence-corrected chi connectivity index (χ4v) is 1.99. The van der Waals surface area contributed by atoms with Crippen LogP contribution in [-0.2, 0) is 11.3 Å². The zero-order chi connectivity index (χ0) is 16.3. The summed E-state index contributed by atoms with van der Waals surface area (Å²) in [6, 6.07) is 4.55. The fraction of sp³-hybridized carbons (Fsp3) is 0.286. The predicted octanol–water partition coefficient (Wildman–Crippen LogP) is 3.39. The summed E-state index contributed by atoms with van der Waals surface area (Å²) in [4.78, 5) is 12.0. The number of rotatable bonds is 5. The Balaban J connectivity index is 2.14. The SMILES string of the molecule is Cc1ccc(OC(F)F)c(NC(=O)Cn2ncc(Cl)c2C)c1. The Morgan fingerprint density at radius 3 is 2.77 bits per heavy atom. The Labute approximate surface area is 130 Å². The van der Waals surface area contributed by atoms with Gasteiger partial charge in [0.15, 0.2) is 0 Å². The highest BCUT2D eigenvalue weighted by Gasteiger charge is 2.14. The Morgan fingerprint density at radius 1 is 1.45 bits per heavy atom. The molecule has 1 N–H and O–H groups in total. The molecule has 0 saturated carbocycles. The Bertz CT molecular complexity index is 689. The number of carbonyl (C=O) groups is 1. The van der Waals surface area contributed by atoms with Crippen LogP contribution in [0.1, 0.15) is 11.3 Å². The van der Waals surface area contributed by atoms with E-state index < -0.39 is 12.5 Å². The molecule has 0 saturated heterocycles. The molecule has 8 heteroatoms. The van der Waals surface area contributed by atoms with Gasteiger partial charge in [0.05, 0.1) is 22.6 Å². The molecule has 0 aliphatic rings. The molecule has 2 rings (SSSR count). The van der Waals surface area contributed by atoms with Crippen LogP contribution in [0.4, 0.5) is 14.5 Å². The standard InChI is InChI=1S/C14H14ClF2N3O2/c1-8-3-4-12(22-14(16)17)11(5-8)19-13(21)7-20-9(2)10(15)6-18-20/h3-6,14H,7H2,1-2H3,(H,19,21). The number of carbonyl (C=O) groups excluding carboxylic acids is 1. The van der Waals surface area contributed by atoms with Gasteiger partial charge >= 0.3 is 6.61 Å². The summed E-state index contributed by atoms with van der Waals surface area (Å²) in [5.74, 6) is -0.517. The van der Waals surface area contributed by atoms with E-state index in [-0.39, 0.29) is 18.0 Å². The molecule has 0 spiro atoms. The van der Waals surface area contributed by atoms with E-state index in [1.165, 1.54) is 16.9 Å². The highest BCUT2D eigenvalue weighted by molar-refractivity contribution is 6.31. The number of alkyl halides is 2. The second-order valence-corrected chi connectivity index (χ2v) is 5.07. The number of amides is 1. The predicted molar refractivity (Wildman–Crippen MR) is 78.4 cm³/mol. The summed E-state index contributed by atoms with van der Waals surface area (Å²) >= 11 is 5.86. The molecular formula is C14H14ClF2N3O2. The molecule has 1 heterocycles. The summed E-state index contributed by atoms with van der Waals surface area (Å²) in [5, 5.41) is 6.95. The molecule has 0 fully saturated rings. The minimum Gasteiger partial charge on any atom is -0.433 e. The van der Waals surface area contributed by atoms with Crippen LogP contribution in [0.3, 0.4) is 0 Å². The van der Waals surface area contributed by atoms with E-state index in [1.54, 1.807) is 26.0 Å². The molecule has 0 aliphatic carbocycles. The van der Waals surface area contributed by atoms with Gasteiger partial charge in [-0.1, -0.05) is 17.7 Å². The highest BCUT2D eigenvalue weighted by Crippen LogP contribution is 2.27. The van der Waals surface area contributed by atoms with Crippen LogP contribution in [0.25, 0.3) is 0 Å². The molecule has 0 atom stereocenters. The molecule has 0 bridgehead atoms. The zero-order valence-corrected chi connectivity index (χ0v) is 12.7. The van der Waals surface area contributed by atoms with Gasteiger partial charge in [-0.25, -0.2) is 0 Å². The van der Waals surface area contributed by atoms with Crippen LogP contribution in [0.15, 0.2) is 24.4 Å². The van der Waals surface area contributed by atoms with Gasteiger partial charge in [0.1, 0.15) is 12.3 Å². The van der Waals surface area contributed by atoms with Gasteiger partial charge in [0, 0.05) is 0 Å². The van der Waals surface area contributed by atoms with Crippen LogP contribution in [0.2, 0.25) is 5.02 Å². The van der Waals surface area contributed by atoms with E-state index in [9.17, 15) is 13.6 Å². The molecule has 5 nitrogen and oxygen atoms in total. The van der Waals surface area contributed by atoms with Crippen LogP contribution >= 0.6 is 11.6 Å². The molecule has 0 radical (unpaired) electrons. The van der Waals surface area contributed by atoms with Crippen molar-refractivity contribution in [1.29, 1.82) is 0 Å². The van der Waals surface area contributed by atoms with Crippen molar-refractivity contribution in [1.82, 2.24) is 9.78 Å². The normalized spacial score (nSPS) is 10.8. The minimum atomic E-state index is -2.97. The first kappa shape index (κ1) is 16.2. The maximum absolute atomic E-state index is 12.4. The maximum atomic E-state index is 12.4. The average Bonchev–Trinajstić information content (AvgIpc) is 2.73. The van der Waals surface area contributed by atoms with Crippen LogP contribution in [0, 0.1) is 13.8 Å².